The van der Waals surface area contributed by atoms with Crippen molar-refractivity contribution in [2.75, 3.05) is 79.9 Å². The molecule has 0 amide bonds. The van der Waals surface area contributed by atoms with Gasteiger partial charge in [0.25, 0.3) is 0 Å². The third-order valence-corrected chi connectivity index (χ3v) is 8.82. The molecule has 6 rings (SSSR count). The van der Waals surface area contributed by atoms with Gasteiger partial charge in [0.15, 0.2) is 5.82 Å². The fraction of sp³-hybridized carbons (Fsp3) is 0.400. The van der Waals surface area contributed by atoms with Crippen molar-refractivity contribution in [2.24, 2.45) is 0 Å². The molecular formula is C30H36ClFN10OS. The fourth-order valence-corrected chi connectivity index (χ4v) is 6.41. The van der Waals surface area contributed by atoms with Gasteiger partial charge in [-0.15, -0.1) is 0 Å². The van der Waals surface area contributed by atoms with E-state index in [2.05, 4.69) is 56.1 Å². The van der Waals surface area contributed by atoms with Crippen molar-refractivity contribution in [3.63, 3.8) is 0 Å². The highest BCUT2D eigenvalue weighted by atomic mass is 35.5. The zero-order valence-corrected chi connectivity index (χ0v) is 26.5. The summed E-state index contributed by atoms with van der Waals surface area (Å²) in [6.07, 6.45) is 6.89. The van der Waals surface area contributed by atoms with Crippen LogP contribution in [0.3, 0.4) is 0 Å². The summed E-state index contributed by atoms with van der Waals surface area (Å²) in [5.74, 6) is 1.46. The quantitative estimate of drug-likeness (QED) is 0.204. The predicted molar refractivity (Wildman–Crippen MR) is 178 cm³/mol. The minimum Gasteiger partial charge on any atom is -0.494 e. The Morgan fingerprint density at radius 1 is 1.00 bits per heavy atom. The van der Waals surface area contributed by atoms with Crippen molar-refractivity contribution in [2.45, 2.75) is 18.6 Å². The molecule has 44 heavy (non-hydrogen) atoms. The lowest BCUT2D eigenvalue weighted by Gasteiger charge is -2.44. The summed E-state index contributed by atoms with van der Waals surface area (Å²) < 4.78 is 23.8. The van der Waals surface area contributed by atoms with E-state index >= 15 is 0 Å². The minimum absolute atomic E-state index is 0.0107. The molecule has 2 fully saturated rings. The summed E-state index contributed by atoms with van der Waals surface area (Å²) in [6, 6.07) is 9.84. The van der Waals surface area contributed by atoms with Crippen LogP contribution in [0.4, 0.5) is 38.9 Å². The van der Waals surface area contributed by atoms with E-state index in [0.717, 1.165) is 72.9 Å². The molecular weight excluding hydrogens is 603 g/mol. The second-order valence-electron chi connectivity index (χ2n) is 10.9. The van der Waals surface area contributed by atoms with Gasteiger partial charge in [-0.1, -0.05) is 23.5 Å². The van der Waals surface area contributed by atoms with Crippen LogP contribution in [0, 0.1) is 0 Å². The average molecular weight is 639 g/mol. The van der Waals surface area contributed by atoms with Gasteiger partial charge in [-0.3, -0.25) is 14.9 Å². The van der Waals surface area contributed by atoms with Crippen LogP contribution in [-0.2, 0) is 0 Å². The number of aromatic nitrogens is 4. The molecule has 2 unspecified atom stereocenters. The van der Waals surface area contributed by atoms with Gasteiger partial charge in [0, 0.05) is 69.2 Å². The highest BCUT2D eigenvalue weighted by Gasteiger charge is 2.34. The number of fused-ring (bicyclic) bond motifs is 1. The second kappa shape index (κ2) is 13.6. The van der Waals surface area contributed by atoms with Crippen molar-refractivity contribution >= 4 is 69.1 Å². The lowest BCUT2D eigenvalue weighted by Crippen LogP contribution is -2.57. The maximum absolute atomic E-state index is 14.7. The molecule has 3 N–H and O–H groups in total. The molecule has 2 aliphatic heterocycles. The number of nitrogens with one attached hydrogen (secondary N) is 3. The number of rotatable bonds is 9. The lowest BCUT2D eigenvalue weighted by molar-refractivity contribution is 0.0405. The van der Waals surface area contributed by atoms with Crippen LogP contribution >= 0.6 is 23.5 Å². The van der Waals surface area contributed by atoms with Gasteiger partial charge in [0.1, 0.15) is 22.5 Å². The average Bonchev–Trinajstić information content (AvgIpc) is 3.04. The van der Waals surface area contributed by atoms with Crippen molar-refractivity contribution in [3.05, 3.63) is 53.9 Å². The summed E-state index contributed by atoms with van der Waals surface area (Å²) in [6.45, 7) is 4.80. The number of methoxy groups -OCH3 is 1. The van der Waals surface area contributed by atoms with E-state index < -0.39 is 6.17 Å². The van der Waals surface area contributed by atoms with Crippen molar-refractivity contribution in [1.82, 2.24) is 29.7 Å². The molecule has 0 bridgehead atoms. The maximum atomic E-state index is 14.7. The number of hydrogen-bond acceptors (Lipinski definition) is 12. The molecule has 4 aromatic rings. The Kier molecular flexibility index (Phi) is 9.36. The van der Waals surface area contributed by atoms with E-state index in [0.29, 0.717) is 29.1 Å². The van der Waals surface area contributed by atoms with Crippen LogP contribution in [0.25, 0.3) is 11.0 Å². The van der Waals surface area contributed by atoms with Gasteiger partial charge < -0.3 is 29.9 Å². The molecule has 2 aromatic carbocycles. The Morgan fingerprint density at radius 2 is 1.80 bits per heavy atom. The third kappa shape index (κ3) is 6.55. The minimum atomic E-state index is -0.799. The van der Waals surface area contributed by atoms with Crippen LogP contribution in [0.1, 0.15) is 6.42 Å². The SMILES string of the molecule is COc1cc(N2CCN(C3CCN(C)CC3F)CC2)ccc1Nc1ncc(Cl)c(Nc2ccc3nccnc3c2NSC)n1. The van der Waals surface area contributed by atoms with Crippen molar-refractivity contribution in [3.8, 4) is 5.75 Å². The molecule has 11 nitrogen and oxygen atoms in total. The normalized spacial score (nSPS) is 19.6. The molecule has 0 saturated carbocycles. The smallest absolute Gasteiger partial charge is 0.229 e. The summed E-state index contributed by atoms with van der Waals surface area (Å²) in [5, 5.41) is 6.96. The number of anilines is 6. The Balaban J connectivity index is 1.15. The van der Waals surface area contributed by atoms with Crippen LogP contribution in [-0.4, -0.2) is 102 Å². The number of benzene rings is 2. The molecule has 2 aliphatic rings. The Labute approximate surface area is 265 Å². The highest BCUT2D eigenvalue weighted by Crippen LogP contribution is 2.36. The molecule has 232 valence electrons. The predicted octanol–water partition coefficient (Wildman–Crippen LogP) is 5.42. The van der Waals surface area contributed by atoms with Crippen LogP contribution in [0.2, 0.25) is 5.02 Å². The van der Waals surface area contributed by atoms with E-state index in [9.17, 15) is 4.39 Å². The number of nitrogens with zero attached hydrogens (tertiary/aromatic N) is 7. The van der Waals surface area contributed by atoms with Crippen LogP contribution in [0.15, 0.2) is 48.9 Å². The van der Waals surface area contributed by atoms with Crippen LogP contribution < -0.4 is 25.0 Å². The number of ether oxygens (including phenoxy) is 1. The molecule has 4 heterocycles. The van der Waals surface area contributed by atoms with Gasteiger partial charge in [0.05, 0.1) is 35.9 Å². The molecule has 0 spiro atoms. The monoisotopic (exact) mass is 638 g/mol. The van der Waals surface area contributed by atoms with Crippen molar-refractivity contribution < 1.29 is 9.13 Å². The summed E-state index contributed by atoms with van der Waals surface area (Å²) in [7, 11) is 3.63. The fourth-order valence-electron chi connectivity index (χ4n) is 5.86. The van der Waals surface area contributed by atoms with Gasteiger partial charge >= 0.3 is 0 Å². The van der Waals surface area contributed by atoms with Gasteiger partial charge in [0.2, 0.25) is 5.95 Å². The van der Waals surface area contributed by atoms with E-state index in [4.69, 9.17) is 16.3 Å². The number of piperidine rings is 1. The van der Waals surface area contributed by atoms with Crippen LogP contribution in [0.5, 0.6) is 5.75 Å². The second-order valence-corrected chi connectivity index (χ2v) is 11.9. The summed E-state index contributed by atoms with van der Waals surface area (Å²) >= 11 is 7.96. The topological polar surface area (TPSA) is 107 Å². The number of likely N-dealkylation sites (tertiary alicyclic amines) is 1. The Hall–Kier alpha value is -3.65. The number of halogens is 2. The van der Waals surface area contributed by atoms with Gasteiger partial charge in [-0.05, 0) is 44.3 Å². The first kappa shape index (κ1) is 30.4. The Morgan fingerprint density at radius 3 is 2.57 bits per heavy atom. The Bertz CT molecular complexity index is 1610. The lowest BCUT2D eigenvalue weighted by atomic mass is 10.0. The molecule has 0 radical (unpaired) electrons. The standard InChI is InChI=1S/C30H36ClFN10OS/c1-40-11-8-25(21(32)18-40)42-14-12-41(13-15-42)19-4-5-22(26(16-19)43-2)37-30-35-17-20(31)29(38-30)36-24-7-6-23-27(28(24)39-44-3)34-10-9-33-23/h4-7,9-10,16-17,21,25,39H,8,11-15,18H2,1-3H3,(H2,35,36,37,38). The largest absolute Gasteiger partial charge is 0.494 e. The van der Waals surface area contributed by atoms with E-state index in [1.54, 1.807) is 25.7 Å². The first-order valence-corrected chi connectivity index (χ1v) is 16.1. The first-order chi connectivity index (χ1) is 21.4. The molecule has 0 aliphatic carbocycles. The summed E-state index contributed by atoms with van der Waals surface area (Å²) in [4.78, 5) is 24.7. The molecule has 2 atom stereocenters. The number of hydrogen-bond donors (Lipinski definition) is 3. The number of piperazine rings is 1. The maximum Gasteiger partial charge on any atom is 0.229 e. The van der Waals surface area contributed by atoms with Gasteiger partial charge in [-0.2, -0.15) is 4.98 Å². The molecule has 14 heteroatoms. The zero-order chi connectivity index (χ0) is 30.6. The first-order valence-electron chi connectivity index (χ1n) is 14.5. The zero-order valence-electron chi connectivity index (χ0n) is 24.9. The van der Waals surface area contributed by atoms with Gasteiger partial charge in [-0.25, -0.2) is 9.37 Å². The molecule has 2 saturated heterocycles. The molecule has 2 aromatic heterocycles. The third-order valence-electron chi connectivity index (χ3n) is 8.13. The van der Waals surface area contributed by atoms with Crippen molar-refractivity contribution in [1.29, 1.82) is 0 Å². The van der Waals surface area contributed by atoms with E-state index in [-0.39, 0.29) is 6.04 Å². The highest BCUT2D eigenvalue weighted by molar-refractivity contribution is 7.99. The van der Waals surface area contributed by atoms with E-state index in [1.165, 1.54) is 11.9 Å². The van der Waals surface area contributed by atoms with E-state index in [1.807, 2.05) is 37.6 Å². The summed E-state index contributed by atoms with van der Waals surface area (Å²) in [5.41, 5.74) is 4.81. The number of alkyl halides is 1.